The van der Waals surface area contributed by atoms with E-state index in [1.807, 2.05) is 7.05 Å². The first-order valence-corrected chi connectivity index (χ1v) is 8.41. The van der Waals surface area contributed by atoms with Crippen LogP contribution in [0.2, 0.25) is 5.02 Å². The van der Waals surface area contributed by atoms with Crippen molar-refractivity contribution in [1.82, 2.24) is 9.62 Å². The number of amides is 1. The molecule has 1 aromatic carbocycles. The highest BCUT2D eigenvalue weighted by molar-refractivity contribution is 7.89. The maximum Gasteiger partial charge on any atom is 0.244 e. The number of anilines is 1. The molecule has 0 saturated carbocycles. The standard InChI is InChI=1S/C13H18ClN3O3S/c1-15-4-3-5-17(2)21(19,20)12-6-9-7-13(18)16-11(9)8-10(12)14/h6,8,15H,3-5,7H2,1-2H3,(H,16,18). The van der Waals surface area contributed by atoms with Crippen LogP contribution in [0, 0.1) is 0 Å². The van der Waals surface area contributed by atoms with E-state index >= 15 is 0 Å². The van der Waals surface area contributed by atoms with Gasteiger partial charge in [-0.25, -0.2) is 12.7 Å². The van der Waals surface area contributed by atoms with Crippen molar-refractivity contribution < 1.29 is 13.2 Å². The minimum Gasteiger partial charge on any atom is -0.325 e. The molecule has 0 aromatic heterocycles. The van der Waals surface area contributed by atoms with E-state index in [4.69, 9.17) is 11.6 Å². The third kappa shape index (κ3) is 3.37. The molecular formula is C13H18ClN3O3S. The fourth-order valence-electron chi connectivity index (χ4n) is 2.19. The lowest BCUT2D eigenvalue weighted by Crippen LogP contribution is -2.29. The molecule has 1 aliphatic heterocycles. The zero-order valence-corrected chi connectivity index (χ0v) is 13.5. The van der Waals surface area contributed by atoms with Crippen molar-refractivity contribution in [1.29, 1.82) is 0 Å². The molecular weight excluding hydrogens is 314 g/mol. The zero-order valence-electron chi connectivity index (χ0n) is 11.9. The third-order valence-corrected chi connectivity index (χ3v) is 5.69. The summed E-state index contributed by atoms with van der Waals surface area (Å²) >= 11 is 6.08. The molecule has 0 spiro atoms. The molecule has 0 bridgehead atoms. The van der Waals surface area contributed by atoms with Gasteiger partial charge in [0.1, 0.15) is 4.90 Å². The lowest BCUT2D eigenvalue weighted by Gasteiger charge is -2.18. The number of fused-ring (bicyclic) bond motifs is 1. The lowest BCUT2D eigenvalue weighted by atomic mass is 10.2. The lowest BCUT2D eigenvalue weighted by molar-refractivity contribution is -0.115. The minimum atomic E-state index is -3.65. The summed E-state index contributed by atoms with van der Waals surface area (Å²) in [6.07, 6.45) is 0.882. The second-order valence-corrected chi connectivity index (χ2v) is 7.37. The van der Waals surface area contributed by atoms with Crippen LogP contribution in [-0.4, -0.2) is 45.8 Å². The molecule has 0 radical (unpaired) electrons. The highest BCUT2D eigenvalue weighted by Gasteiger charge is 2.27. The SMILES string of the molecule is CNCCCN(C)S(=O)(=O)c1cc2c(cc1Cl)NC(=O)C2. The van der Waals surface area contributed by atoms with Gasteiger partial charge in [-0.05, 0) is 37.7 Å². The predicted octanol–water partition coefficient (Wildman–Crippen LogP) is 1.06. The fraction of sp³-hybridized carbons (Fsp3) is 0.462. The summed E-state index contributed by atoms with van der Waals surface area (Å²) in [6.45, 7) is 1.13. The highest BCUT2D eigenvalue weighted by atomic mass is 35.5. The van der Waals surface area contributed by atoms with Gasteiger partial charge >= 0.3 is 0 Å². The van der Waals surface area contributed by atoms with E-state index in [0.717, 1.165) is 6.54 Å². The van der Waals surface area contributed by atoms with Gasteiger partial charge in [0.05, 0.1) is 11.4 Å². The molecule has 0 aliphatic carbocycles. The van der Waals surface area contributed by atoms with Crippen LogP contribution in [0.3, 0.4) is 0 Å². The number of nitrogens with one attached hydrogen (secondary N) is 2. The van der Waals surface area contributed by atoms with Crippen LogP contribution in [0.5, 0.6) is 0 Å². The van der Waals surface area contributed by atoms with Gasteiger partial charge in [-0.3, -0.25) is 4.79 Å². The molecule has 21 heavy (non-hydrogen) atoms. The van der Waals surface area contributed by atoms with Crippen LogP contribution in [0.15, 0.2) is 17.0 Å². The maximum atomic E-state index is 12.5. The number of carbonyl (C=O) groups excluding carboxylic acids is 1. The Morgan fingerprint density at radius 1 is 1.43 bits per heavy atom. The largest absolute Gasteiger partial charge is 0.325 e. The Morgan fingerprint density at radius 2 is 2.14 bits per heavy atom. The Hall–Kier alpha value is -1.15. The van der Waals surface area contributed by atoms with E-state index in [-0.39, 0.29) is 22.2 Å². The molecule has 1 aromatic rings. The zero-order chi connectivity index (χ0) is 15.6. The molecule has 0 unspecified atom stereocenters. The van der Waals surface area contributed by atoms with Crippen molar-refractivity contribution in [2.45, 2.75) is 17.7 Å². The van der Waals surface area contributed by atoms with Crippen LogP contribution in [-0.2, 0) is 21.2 Å². The third-order valence-electron chi connectivity index (χ3n) is 3.37. The average molecular weight is 332 g/mol. The van der Waals surface area contributed by atoms with Gasteiger partial charge in [-0.1, -0.05) is 11.6 Å². The first-order valence-electron chi connectivity index (χ1n) is 6.59. The van der Waals surface area contributed by atoms with Crippen LogP contribution in [0.25, 0.3) is 0 Å². The van der Waals surface area contributed by atoms with Gasteiger partial charge in [0, 0.05) is 19.3 Å². The molecule has 0 fully saturated rings. The Morgan fingerprint density at radius 3 is 2.81 bits per heavy atom. The van der Waals surface area contributed by atoms with Gasteiger partial charge in [0.2, 0.25) is 15.9 Å². The number of benzene rings is 1. The summed E-state index contributed by atoms with van der Waals surface area (Å²) in [6, 6.07) is 2.98. The molecule has 6 nitrogen and oxygen atoms in total. The monoisotopic (exact) mass is 331 g/mol. The Balaban J connectivity index is 2.28. The van der Waals surface area contributed by atoms with Crippen molar-refractivity contribution in [3.05, 3.63) is 22.7 Å². The average Bonchev–Trinajstić information content (AvgIpc) is 2.76. The summed E-state index contributed by atoms with van der Waals surface area (Å²) in [4.78, 5) is 11.4. The van der Waals surface area contributed by atoms with Crippen LogP contribution in [0.4, 0.5) is 5.69 Å². The van der Waals surface area contributed by atoms with E-state index in [1.54, 1.807) is 0 Å². The summed E-state index contributed by atoms with van der Waals surface area (Å²) < 4.78 is 26.4. The summed E-state index contributed by atoms with van der Waals surface area (Å²) in [5.74, 6) is -0.155. The van der Waals surface area contributed by atoms with Crippen molar-refractivity contribution in [2.75, 3.05) is 32.5 Å². The Labute approximate surface area is 129 Å². The maximum absolute atomic E-state index is 12.5. The van der Waals surface area contributed by atoms with Crippen LogP contribution < -0.4 is 10.6 Å². The van der Waals surface area contributed by atoms with Gasteiger partial charge in [-0.2, -0.15) is 0 Å². The normalized spacial score (nSPS) is 14.4. The number of rotatable bonds is 6. The molecule has 0 atom stereocenters. The van der Waals surface area contributed by atoms with E-state index < -0.39 is 10.0 Å². The number of hydrogen-bond acceptors (Lipinski definition) is 4. The number of hydrogen-bond donors (Lipinski definition) is 2. The second-order valence-electron chi connectivity index (χ2n) is 4.95. The van der Waals surface area contributed by atoms with Crippen molar-refractivity contribution >= 4 is 33.2 Å². The van der Waals surface area contributed by atoms with E-state index in [9.17, 15) is 13.2 Å². The van der Waals surface area contributed by atoms with Gasteiger partial charge < -0.3 is 10.6 Å². The molecule has 1 amide bonds. The molecule has 2 N–H and O–H groups in total. The summed E-state index contributed by atoms with van der Waals surface area (Å²) in [7, 11) is -0.314. The van der Waals surface area contributed by atoms with Gasteiger partial charge in [-0.15, -0.1) is 0 Å². The number of nitrogens with zero attached hydrogens (tertiary/aromatic N) is 1. The Bertz CT molecular complexity index is 661. The molecule has 116 valence electrons. The van der Waals surface area contributed by atoms with Crippen molar-refractivity contribution in [2.24, 2.45) is 0 Å². The van der Waals surface area contributed by atoms with Gasteiger partial charge in [0.15, 0.2) is 0 Å². The predicted molar refractivity (Wildman–Crippen MR) is 82.1 cm³/mol. The topological polar surface area (TPSA) is 78.5 Å². The smallest absolute Gasteiger partial charge is 0.244 e. The molecule has 1 heterocycles. The number of halogens is 1. The summed E-state index contributed by atoms with van der Waals surface area (Å²) in [5, 5.41) is 5.74. The van der Waals surface area contributed by atoms with Crippen LogP contribution >= 0.6 is 11.6 Å². The molecule has 1 aliphatic rings. The van der Waals surface area contributed by atoms with E-state index in [0.29, 0.717) is 24.2 Å². The summed E-state index contributed by atoms with van der Waals surface area (Å²) in [5.41, 5.74) is 1.24. The van der Waals surface area contributed by atoms with Crippen molar-refractivity contribution in [3.63, 3.8) is 0 Å². The Kier molecular flexibility index (Phi) is 4.88. The van der Waals surface area contributed by atoms with Crippen LogP contribution in [0.1, 0.15) is 12.0 Å². The first kappa shape index (κ1) is 16.2. The van der Waals surface area contributed by atoms with E-state index in [2.05, 4.69) is 10.6 Å². The molecule has 8 heteroatoms. The van der Waals surface area contributed by atoms with E-state index in [1.165, 1.54) is 23.5 Å². The second kappa shape index (κ2) is 6.31. The quantitative estimate of drug-likeness (QED) is 0.764. The minimum absolute atomic E-state index is 0.0476. The molecule has 2 rings (SSSR count). The number of carbonyl (C=O) groups is 1. The van der Waals surface area contributed by atoms with Crippen molar-refractivity contribution in [3.8, 4) is 0 Å². The van der Waals surface area contributed by atoms with Gasteiger partial charge in [0.25, 0.3) is 0 Å². The fourth-order valence-corrected chi connectivity index (χ4v) is 3.95. The number of sulfonamides is 1. The highest BCUT2D eigenvalue weighted by Crippen LogP contribution is 2.33. The molecule has 0 saturated heterocycles. The first-order chi connectivity index (χ1) is 9.86.